The molecule has 1 aromatic carbocycles. The third kappa shape index (κ3) is 7.04. The zero-order valence-corrected chi connectivity index (χ0v) is 18.3. The molecule has 3 N–H and O–H groups in total. The van der Waals surface area contributed by atoms with E-state index in [1.165, 1.54) is 0 Å². The maximum atomic E-state index is 10.4. The summed E-state index contributed by atoms with van der Waals surface area (Å²) in [6.45, 7) is 7.60. The number of H-pyrrole nitrogens is 3. The van der Waals surface area contributed by atoms with Gasteiger partial charge in [0.25, 0.3) is 11.4 Å². The highest BCUT2D eigenvalue weighted by Gasteiger charge is 2.19. The number of aryl methyl sites for hydroxylation is 4. The van der Waals surface area contributed by atoms with E-state index < -0.39 is 32.8 Å². The second-order valence-corrected chi connectivity index (χ2v) is 6.82. The van der Waals surface area contributed by atoms with E-state index in [1.807, 2.05) is 27.7 Å². The molecule has 166 valence electrons. The van der Waals surface area contributed by atoms with Crippen LogP contribution in [-0.2, 0) is 0 Å². The Morgan fingerprint density at radius 1 is 1.03 bits per heavy atom. The average molecular weight is 473 g/mol. The highest BCUT2D eigenvalue weighted by atomic mass is 35.5. The summed E-state index contributed by atoms with van der Waals surface area (Å²) < 4.78 is 0. The molecule has 0 amide bonds. The fourth-order valence-corrected chi connectivity index (χ4v) is 2.25. The number of rotatable bonds is 3. The van der Waals surface area contributed by atoms with Gasteiger partial charge in [0.15, 0.2) is 0 Å². The molecule has 3 aromatic rings. The SMILES string of the molecule is Cc1[nH][nH+]c(C)c1Cl.Cc1n[nH]c(C)c1Cl.O=C([O-])c1ccc([N+](=O)[O-])cc1[N+](=O)[O-]. The Bertz CT molecular complexity index is 1030. The number of aromatic nitrogens is 4. The van der Waals surface area contributed by atoms with E-state index >= 15 is 0 Å². The van der Waals surface area contributed by atoms with Crippen LogP contribution in [0, 0.1) is 47.9 Å². The van der Waals surface area contributed by atoms with Crippen LogP contribution in [0.4, 0.5) is 11.4 Å². The minimum atomic E-state index is -1.75. The van der Waals surface area contributed by atoms with Crippen molar-refractivity contribution >= 4 is 40.5 Å². The molecule has 2 heterocycles. The van der Waals surface area contributed by atoms with Crippen molar-refractivity contribution in [3.63, 3.8) is 0 Å². The predicted octanol–water partition coefficient (Wildman–Crippen LogP) is 2.65. The van der Waals surface area contributed by atoms with E-state index in [-0.39, 0.29) is 0 Å². The summed E-state index contributed by atoms with van der Waals surface area (Å²) in [7, 11) is 0. The number of non-ortho nitro benzene ring substituents is 1. The minimum Gasteiger partial charge on any atom is -0.545 e. The van der Waals surface area contributed by atoms with Crippen molar-refractivity contribution in [2.45, 2.75) is 27.7 Å². The number of hydrogen-bond acceptors (Lipinski definition) is 7. The molecule has 0 saturated heterocycles. The number of nitro groups is 2. The molecular formula is C17H18Cl2N6O6. The minimum absolute atomic E-state index is 0.549. The van der Waals surface area contributed by atoms with Crippen molar-refractivity contribution in [1.29, 1.82) is 0 Å². The van der Waals surface area contributed by atoms with Crippen LogP contribution in [0.15, 0.2) is 18.2 Å². The number of nitrogens with zero attached hydrogens (tertiary/aromatic N) is 3. The first-order valence-corrected chi connectivity index (χ1v) is 9.15. The number of carbonyl (C=O) groups excluding carboxylic acids is 1. The number of carbonyl (C=O) groups is 1. The normalized spacial score (nSPS) is 9.74. The van der Waals surface area contributed by atoms with Crippen LogP contribution in [0.25, 0.3) is 0 Å². The van der Waals surface area contributed by atoms with Crippen molar-refractivity contribution in [2.24, 2.45) is 0 Å². The van der Waals surface area contributed by atoms with Gasteiger partial charge in [0.05, 0.1) is 49.6 Å². The molecule has 0 saturated carbocycles. The number of hydrogen-bond donors (Lipinski definition) is 2. The Balaban J connectivity index is 0.000000253. The third-order valence-electron chi connectivity index (χ3n) is 3.74. The van der Waals surface area contributed by atoms with Gasteiger partial charge in [-0.2, -0.15) is 10.2 Å². The van der Waals surface area contributed by atoms with Gasteiger partial charge in [0, 0.05) is 13.0 Å². The number of nitro benzene ring substituents is 2. The van der Waals surface area contributed by atoms with Crippen LogP contribution in [0.2, 0.25) is 10.0 Å². The Labute approximate surface area is 185 Å². The smallest absolute Gasteiger partial charge is 0.285 e. The summed E-state index contributed by atoms with van der Waals surface area (Å²) in [5.74, 6) is -1.75. The van der Waals surface area contributed by atoms with Gasteiger partial charge in [-0.25, -0.2) is 0 Å². The van der Waals surface area contributed by atoms with Crippen molar-refractivity contribution in [2.75, 3.05) is 0 Å². The van der Waals surface area contributed by atoms with Crippen LogP contribution < -0.4 is 10.2 Å². The summed E-state index contributed by atoms with van der Waals surface area (Å²) in [6.07, 6.45) is 0. The van der Waals surface area contributed by atoms with Gasteiger partial charge >= 0.3 is 0 Å². The molecule has 12 nitrogen and oxygen atoms in total. The Kier molecular flexibility index (Phi) is 9.09. The fourth-order valence-electron chi connectivity index (χ4n) is 2.07. The van der Waals surface area contributed by atoms with E-state index in [9.17, 15) is 30.1 Å². The van der Waals surface area contributed by atoms with Gasteiger partial charge in [0.1, 0.15) is 5.02 Å². The Morgan fingerprint density at radius 3 is 1.90 bits per heavy atom. The standard InChI is InChI=1S/C7H4N2O6.2C5H7ClN2/c10-7(11)5-2-1-4(8(12)13)3-6(5)9(14)15;2*1-3-5(6)4(2)8-7-3/h1-3H,(H,10,11);2*1-2H3,(H,7,8). The number of nitrogens with one attached hydrogen (secondary N) is 3. The molecule has 0 fully saturated rings. The highest BCUT2D eigenvalue weighted by molar-refractivity contribution is 6.32. The summed E-state index contributed by atoms with van der Waals surface area (Å²) in [5, 5.41) is 45.0. The molecule has 0 atom stereocenters. The van der Waals surface area contributed by atoms with Crippen LogP contribution >= 0.6 is 23.2 Å². The fraction of sp³-hybridized carbons (Fsp3) is 0.235. The third-order valence-corrected chi connectivity index (χ3v) is 4.87. The predicted molar refractivity (Wildman–Crippen MR) is 109 cm³/mol. The number of aromatic carboxylic acids is 1. The molecule has 0 radical (unpaired) electrons. The Hall–Kier alpha value is -3.51. The van der Waals surface area contributed by atoms with Crippen molar-refractivity contribution in [1.82, 2.24) is 15.3 Å². The monoisotopic (exact) mass is 472 g/mol. The molecule has 0 aliphatic rings. The quantitative estimate of drug-likeness (QED) is 0.432. The first-order chi connectivity index (χ1) is 14.4. The van der Waals surface area contributed by atoms with Crippen molar-refractivity contribution < 1.29 is 24.8 Å². The van der Waals surface area contributed by atoms with Crippen molar-refractivity contribution in [3.8, 4) is 0 Å². The first kappa shape index (κ1) is 25.5. The lowest BCUT2D eigenvalue weighted by atomic mass is 10.1. The lowest BCUT2D eigenvalue weighted by Crippen LogP contribution is -2.23. The molecular weight excluding hydrogens is 455 g/mol. The first-order valence-electron chi connectivity index (χ1n) is 8.40. The summed E-state index contributed by atoms with van der Waals surface area (Å²) in [4.78, 5) is 29.2. The average Bonchev–Trinajstić information content (AvgIpc) is 3.17. The highest BCUT2D eigenvalue weighted by Crippen LogP contribution is 2.23. The molecule has 31 heavy (non-hydrogen) atoms. The van der Waals surface area contributed by atoms with Crippen LogP contribution in [0.1, 0.15) is 33.1 Å². The lowest BCUT2D eigenvalue weighted by molar-refractivity contribution is -0.457. The van der Waals surface area contributed by atoms with E-state index in [1.54, 1.807) is 0 Å². The summed E-state index contributed by atoms with van der Waals surface area (Å²) in [5.41, 5.74) is 1.68. The number of benzene rings is 1. The van der Waals surface area contributed by atoms with Gasteiger partial charge < -0.3 is 9.90 Å². The molecule has 0 unspecified atom stereocenters. The zero-order chi connectivity index (χ0) is 23.9. The summed E-state index contributed by atoms with van der Waals surface area (Å²) >= 11 is 11.4. The van der Waals surface area contributed by atoms with E-state index in [0.717, 1.165) is 45.0 Å². The van der Waals surface area contributed by atoms with Gasteiger partial charge in [0.2, 0.25) is 5.69 Å². The maximum Gasteiger partial charge on any atom is 0.285 e. The Morgan fingerprint density at radius 2 is 1.65 bits per heavy atom. The van der Waals surface area contributed by atoms with Crippen LogP contribution in [0.3, 0.4) is 0 Å². The van der Waals surface area contributed by atoms with Crippen molar-refractivity contribution in [3.05, 3.63) is 76.8 Å². The molecule has 2 aromatic heterocycles. The maximum absolute atomic E-state index is 10.4. The van der Waals surface area contributed by atoms with E-state index in [2.05, 4.69) is 20.4 Å². The molecule has 0 aliphatic carbocycles. The second-order valence-electron chi connectivity index (χ2n) is 6.07. The number of aromatic amines is 3. The largest absolute Gasteiger partial charge is 0.545 e. The number of halogens is 2. The topological polar surface area (TPSA) is 185 Å². The summed E-state index contributed by atoms with van der Waals surface area (Å²) in [6, 6.07) is 2.20. The van der Waals surface area contributed by atoms with Gasteiger partial charge in [-0.1, -0.05) is 23.2 Å². The van der Waals surface area contributed by atoms with Gasteiger partial charge in [-0.05, 0) is 26.8 Å². The van der Waals surface area contributed by atoms with Crippen LogP contribution in [0.5, 0.6) is 0 Å². The molecule has 14 heteroatoms. The molecule has 0 aliphatic heterocycles. The second kappa shape index (κ2) is 11.0. The molecule has 0 bridgehead atoms. The zero-order valence-electron chi connectivity index (χ0n) is 16.8. The van der Waals surface area contributed by atoms with Gasteiger partial charge in [-0.15, -0.1) is 5.10 Å². The number of carboxylic acid groups (broad SMARTS) is 1. The van der Waals surface area contributed by atoms with Gasteiger partial charge in [-0.3, -0.25) is 25.3 Å². The number of carboxylic acids is 1. The van der Waals surface area contributed by atoms with E-state index in [0.29, 0.717) is 6.07 Å². The molecule has 0 spiro atoms. The lowest BCUT2D eigenvalue weighted by Gasteiger charge is -2.02. The van der Waals surface area contributed by atoms with E-state index in [4.69, 9.17) is 23.2 Å². The van der Waals surface area contributed by atoms with Crippen LogP contribution in [-0.4, -0.2) is 31.1 Å². The molecule has 3 rings (SSSR count).